The predicted molar refractivity (Wildman–Crippen MR) is 56.9 cm³/mol. The number of ether oxygens (including phenoxy) is 3. The molecule has 2 rings (SSSR count). The molecule has 2 aliphatic heterocycles. The van der Waals surface area contributed by atoms with Crippen molar-refractivity contribution in [2.24, 2.45) is 0 Å². The molecule has 5 heteroatoms. The Kier molecular flexibility index (Phi) is 3.78. The first-order valence-corrected chi connectivity index (χ1v) is 5.90. The fourth-order valence-corrected chi connectivity index (χ4v) is 2.23. The molecule has 0 aromatic rings. The minimum atomic E-state index is -0.356. The summed E-state index contributed by atoms with van der Waals surface area (Å²) >= 11 is 0. The van der Waals surface area contributed by atoms with Crippen molar-refractivity contribution in [2.75, 3.05) is 39.5 Å². The summed E-state index contributed by atoms with van der Waals surface area (Å²) in [6.07, 6.45) is 1.68. The lowest BCUT2D eigenvalue weighted by Crippen LogP contribution is -2.46. The van der Waals surface area contributed by atoms with E-state index >= 15 is 0 Å². The number of esters is 1. The molecule has 0 atom stereocenters. The standard InChI is InChI=1S/C11H19NO4/c1-2-14-10(13)9-12-5-3-11(4-6-12)15-7-8-16-11/h2-9H2,1H3. The van der Waals surface area contributed by atoms with Crippen molar-refractivity contribution in [3.63, 3.8) is 0 Å². The molecule has 0 aromatic carbocycles. The molecular weight excluding hydrogens is 210 g/mol. The van der Waals surface area contributed by atoms with Crippen LogP contribution in [-0.4, -0.2) is 56.1 Å². The molecule has 0 radical (unpaired) electrons. The average Bonchev–Trinajstić information content (AvgIpc) is 2.71. The summed E-state index contributed by atoms with van der Waals surface area (Å²) in [6, 6.07) is 0. The highest BCUT2D eigenvalue weighted by Gasteiger charge is 2.39. The van der Waals surface area contributed by atoms with Gasteiger partial charge in [-0.2, -0.15) is 0 Å². The molecule has 2 saturated heterocycles. The zero-order chi connectivity index (χ0) is 11.4. The van der Waals surface area contributed by atoms with Crippen LogP contribution < -0.4 is 0 Å². The van der Waals surface area contributed by atoms with E-state index in [0.29, 0.717) is 26.4 Å². The number of carbonyl (C=O) groups excluding carboxylic acids is 1. The molecule has 0 N–H and O–H groups in total. The van der Waals surface area contributed by atoms with Crippen LogP contribution in [0.5, 0.6) is 0 Å². The minimum absolute atomic E-state index is 0.147. The Morgan fingerprint density at radius 1 is 1.31 bits per heavy atom. The van der Waals surface area contributed by atoms with Crippen molar-refractivity contribution in [3.05, 3.63) is 0 Å². The van der Waals surface area contributed by atoms with Crippen LogP contribution in [0.4, 0.5) is 0 Å². The van der Waals surface area contributed by atoms with Crippen LogP contribution in [0.15, 0.2) is 0 Å². The van der Waals surface area contributed by atoms with E-state index < -0.39 is 0 Å². The molecule has 2 fully saturated rings. The van der Waals surface area contributed by atoms with Gasteiger partial charge in [0, 0.05) is 25.9 Å². The molecule has 92 valence electrons. The van der Waals surface area contributed by atoms with E-state index in [4.69, 9.17) is 14.2 Å². The first-order chi connectivity index (χ1) is 7.74. The first-order valence-electron chi connectivity index (χ1n) is 5.90. The van der Waals surface area contributed by atoms with E-state index in [1.54, 1.807) is 0 Å². The summed E-state index contributed by atoms with van der Waals surface area (Å²) in [6.45, 7) is 5.70. The largest absolute Gasteiger partial charge is 0.465 e. The van der Waals surface area contributed by atoms with E-state index in [1.807, 2.05) is 6.92 Å². The Morgan fingerprint density at radius 2 is 1.94 bits per heavy atom. The molecule has 2 heterocycles. The van der Waals surface area contributed by atoms with Gasteiger partial charge in [-0.15, -0.1) is 0 Å². The van der Waals surface area contributed by atoms with Gasteiger partial charge >= 0.3 is 5.97 Å². The van der Waals surface area contributed by atoms with Crippen LogP contribution in [0.2, 0.25) is 0 Å². The normalized spacial score (nSPS) is 24.8. The Bertz CT molecular complexity index is 240. The van der Waals surface area contributed by atoms with Crippen LogP contribution in [-0.2, 0) is 19.0 Å². The fourth-order valence-electron chi connectivity index (χ4n) is 2.23. The third-order valence-corrected chi connectivity index (χ3v) is 3.09. The van der Waals surface area contributed by atoms with Crippen molar-refractivity contribution in [3.8, 4) is 0 Å². The van der Waals surface area contributed by atoms with Gasteiger partial charge in [0.15, 0.2) is 5.79 Å². The second-order valence-corrected chi connectivity index (χ2v) is 4.19. The van der Waals surface area contributed by atoms with Gasteiger partial charge in [-0.1, -0.05) is 0 Å². The number of rotatable bonds is 3. The smallest absolute Gasteiger partial charge is 0.320 e. The molecule has 0 saturated carbocycles. The van der Waals surface area contributed by atoms with E-state index in [2.05, 4.69) is 4.90 Å². The maximum Gasteiger partial charge on any atom is 0.320 e. The summed E-state index contributed by atoms with van der Waals surface area (Å²) in [5.41, 5.74) is 0. The monoisotopic (exact) mass is 229 g/mol. The SMILES string of the molecule is CCOC(=O)CN1CCC2(CC1)OCCO2. The van der Waals surface area contributed by atoms with Crippen molar-refractivity contribution in [1.29, 1.82) is 0 Å². The zero-order valence-electron chi connectivity index (χ0n) is 9.74. The Balaban J connectivity index is 1.74. The summed E-state index contributed by atoms with van der Waals surface area (Å²) in [5, 5.41) is 0. The van der Waals surface area contributed by atoms with Crippen molar-refractivity contribution in [1.82, 2.24) is 4.90 Å². The second-order valence-electron chi connectivity index (χ2n) is 4.19. The maximum absolute atomic E-state index is 11.3. The fraction of sp³-hybridized carbons (Fsp3) is 0.909. The number of hydrogen-bond donors (Lipinski definition) is 0. The quantitative estimate of drug-likeness (QED) is 0.655. The zero-order valence-corrected chi connectivity index (χ0v) is 9.74. The van der Waals surface area contributed by atoms with E-state index in [1.165, 1.54) is 0 Å². The molecule has 0 aromatic heterocycles. The van der Waals surface area contributed by atoms with Gasteiger partial charge in [0.05, 0.1) is 26.4 Å². The van der Waals surface area contributed by atoms with Crippen molar-refractivity contribution < 1.29 is 19.0 Å². The Morgan fingerprint density at radius 3 is 2.50 bits per heavy atom. The number of carbonyl (C=O) groups is 1. The van der Waals surface area contributed by atoms with Crippen molar-refractivity contribution >= 4 is 5.97 Å². The number of nitrogens with zero attached hydrogens (tertiary/aromatic N) is 1. The molecule has 0 amide bonds. The highest BCUT2D eigenvalue weighted by Crippen LogP contribution is 2.30. The average molecular weight is 229 g/mol. The lowest BCUT2D eigenvalue weighted by atomic mass is 10.0. The van der Waals surface area contributed by atoms with Crippen molar-refractivity contribution in [2.45, 2.75) is 25.6 Å². The van der Waals surface area contributed by atoms with Gasteiger partial charge in [0.2, 0.25) is 0 Å². The highest BCUT2D eigenvalue weighted by molar-refractivity contribution is 5.71. The maximum atomic E-state index is 11.3. The van der Waals surface area contributed by atoms with Gasteiger partial charge in [-0.05, 0) is 6.92 Å². The Labute approximate surface area is 95.6 Å². The van der Waals surface area contributed by atoms with Crippen LogP contribution >= 0.6 is 0 Å². The number of piperidine rings is 1. The predicted octanol–water partition coefficient (Wildman–Crippen LogP) is 0.388. The number of hydrogen-bond acceptors (Lipinski definition) is 5. The molecule has 5 nitrogen and oxygen atoms in total. The third kappa shape index (κ3) is 2.72. The topological polar surface area (TPSA) is 48.0 Å². The van der Waals surface area contributed by atoms with Gasteiger partial charge in [0.25, 0.3) is 0 Å². The van der Waals surface area contributed by atoms with Crippen LogP contribution in [0.25, 0.3) is 0 Å². The summed E-state index contributed by atoms with van der Waals surface area (Å²) in [5.74, 6) is -0.503. The molecule has 0 aliphatic carbocycles. The lowest BCUT2D eigenvalue weighted by molar-refractivity contribution is -0.187. The van der Waals surface area contributed by atoms with E-state index in [9.17, 15) is 4.79 Å². The second kappa shape index (κ2) is 5.12. The highest BCUT2D eigenvalue weighted by atomic mass is 16.7. The van der Waals surface area contributed by atoms with Gasteiger partial charge in [-0.25, -0.2) is 0 Å². The number of likely N-dealkylation sites (tertiary alicyclic amines) is 1. The van der Waals surface area contributed by atoms with Crippen LogP contribution in [0, 0.1) is 0 Å². The van der Waals surface area contributed by atoms with Crippen LogP contribution in [0.1, 0.15) is 19.8 Å². The minimum Gasteiger partial charge on any atom is -0.465 e. The molecule has 1 spiro atoms. The van der Waals surface area contributed by atoms with Crippen LogP contribution in [0.3, 0.4) is 0 Å². The molecule has 0 unspecified atom stereocenters. The summed E-state index contributed by atoms with van der Waals surface area (Å²) in [4.78, 5) is 13.4. The summed E-state index contributed by atoms with van der Waals surface area (Å²) in [7, 11) is 0. The van der Waals surface area contributed by atoms with Gasteiger partial charge in [-0.3, -0.25) is 9.69 Å². The third-order valence-electron chi connectivity index (χ3n) is 3.09. The summed E-state index contributed by atoms with van der Waals surface area (Å²) < 4.78 is 16.2. The van der Waals surface area contributed by atoms with Gasteiger partial charge in [0.1, 0.15) is 0 Å². The first kappa shape index (κ1) is 11.8. The van der Waals surface area contributed by atoms with Gasteiger partial charge < -0.3 is 14.2 Å². The molecule has 16 heavy (non-hydrogen) atoms. The molecule has 2 aliphatic rings. The van der Waals surface area contributed by atoms with E-state index in [-0.39, 0.29) is 11.8 Å². The Hall–Kier alpha value is -0.650. The lowest BCUT2D eigenvalue weighted by Gasteiger charge is -2.36. The molecular formula is C11H19NO4. The van der Waals surface area contributed by atoms with E-state index in [0.717, 1.165) is 25.9 Å². The molecule has 0 bridgehead atoms.